The number of benzene rings is 1. The van der Waals surface area contributed by atoms with Gasteiger partial charge in [-0.1, -0.05) is 18.2 Å². The summed E-state index contributed by atoms with van der Waals surface area (Å²) in [6.45, 7) is 0.820. The highest BCUT2D eigenvalue weighted by molar-refractivity contribution is 8.13. The Kier molecular flexibility index (Phi) is 7.65. The molecule has 3 atom stereocenters. The van der Waals surface area contributed by atoms with Gasteiger partial charge in [-0.2, -0.15) is 0 Å². The van der Waals surface area contributed by atoms with E-state index in [1.54, 1.807) is 18.2 Å². The second kappa shape index (κ2) is 10.0. The van der Waals surface area contributed by atoms with Crippen molar-refractivity contribution in [2.24, 2.45) is 5.92 Å². The fraction of sp³-hybridized carbons (Fsp3) is 0.500. The zero-order valence-electron chi connectivity index (χ0n) is 16.6. The van der Waals surface area contributed by atoms with Gasteiger partial charge in [-0.3, -0.25) is 4.99 Å². The van der Waals surface area contributed by atoms with Gasteiger partial charge >= 0.3 is 11.1 Å². The van der Waals surface area contributed by atoms with Crippen molar-refractivity contribution in [3.05, 3.63) is 35.9 Å². The van der Waals surface area contributed by atoms with Crippen molar-refractivity contribution in [1.29, 1.82) is 0 Å². The Bertz CT molecular complexity index is 923. The summed E-state index contributed by atoms with van der Waals surface area (Å²) in [5.74, 6) is -0.127. The Balaban J connectivity index is 1.86. The van der Waals surface area contributed by atoms with Crippen LogP contribution in [-0.2, 0) is 19.4 Å². The number of allylic oxidation sites excluding steroid dienone is 1. The van der Waals surface area contributed by atoms with Gasteiger partial charge in [0.15, 0.2) is 9.84 Å². The highest BCUT2D eigenvalue weighted by atomic mass is 32.2. The fourth-order valence-corrected chi connectivity index (χ4v) is 5.37. The average Bonchev–Trinajstić information content (AvgIpc) is 3.34. The monoisotopic (exact) mass is 459 g/mol. The number of amides is 1. The molecule has 1 aliphatic heterocycles. The van der Waals surface area contributed by atoms with Crippen molar-refractivity contribution in [3.8, 4) is 0 Å². The first-order valence-electron chi connectivity index (χ1n) is 9.67. The highest BCUT2D eigenvalue weighted by Crippen LogP contribution is 2.34. The smallest absolute Gasteiger partial charge is 0.339 e. The molecule has 1 aliphatic carbocycles. The van der Waals surface area contributed by atoms with E-state index in [4.69, 9.17) is 4.74 Å². The molecule has 0 bridgehead atoms. The van der Waals surface area contributed by atoms with Crippen LogP contribution in [-0.4, -0.2) is 63.6 Å². The molecule has 1 aromatic carbocycles. The van der Waals surface area contributed by atoms with Crippen LogP contribution in [0, 0.1) is 5.92 Å². The molecule has 164 valence electrons. The number of alkyl halides is 2. The van der Waals surface area contributed by atoms with E-state index in [9.17, 15) is 22.0 Å². The minimum Gasteiger partial charge on any atom is -0.384 e. The van der Waals surface area contributed by atoms with Crippen molar-refractivity contribution >= 4 is 38.2 Å². The normalized spacial score (nSPS) is 24.7. The summed E-state index contributed by atoms with van der Waals surface area (Å²) in [4.78, 5) is 16.1. The number of hydrogen-bond acceptors (Lipinski definition) is 5. The molecular formula is C20H25F2N2O4S2+. The lowest BCUT2D eigenvalue weighted by Crippen LogP contribution is -2.72. The van der Waals surface area contributed by atoms with E-state index < -0.39 is 34.0 Å². The van der Waals surface area contributed by atoms with Crippen LogP contribution in [0.15, 0.2) is 35.2 Å². The van der Waals surface area contributed by atoms with E-state index in [-0.39, 0.29) is 35.7 Å². The molecule has 10 heteroatoms. The van der Waals surface area contributed by atoms with Crippen molar-refractivity contribution < 1.29 is 31.7 Å². The van der Waals surface area contributed by atoms with Crippen molar-refractivity contribution in [2.75, 3.05) is 31.8 Å². The van der Waals surface area contributed by atoms with Gasteiger partial charge in [-0.15, -0.1) is 0 Å². The number of carbonyl (C=O) groups is 1. The first-order valence-corrected chi connectivity index (χ1v) is 12.3. The van der Waals surface area contributed by atoms with Crippen LogP contribution >= 0.6 is 11.8 Å². The minimum absolute atomic E-state index is 0.0188. The molecule has 1 fully saturated rings. The lowest BCUT2D eigenvalue weighted by Gasteiger charge is -2.10. The van der Waals surface area contributed by atoms with Crippen LogP contribution in [0.5, 0.6) is 0 Å². The molecule has 0 saturated heterocycles. The molecule has 1 aromatic rings. The van der Waals surface area contributed by atoms with Crippen LogP contribution in [0.1, 0.15) is 18.4 Å². The lowest BCUT2D eigenvalue weighted by atomic mass is 9.98. The van der Waals surface area contributed by atoms with Crippen molar-refractivity contribution in [1.82, 2.24) is 5.32 Å². The van der Waals surface area contributed by atoms with Crippen LogP contribution in [0.25, 0.3) is 5.57 Å². The van der Waals surface area contributed by atoms with E-state index in [0.717, 1.165) is 12.3 Å². The molecular weight excluding hydrogens is 434 g/mol. The van der Waals surface area contributed by atoms with Gasteiger partial charge in [0.1, 0.15) is 12.3 Å². The molecule has 30 heavy (non-hydrogen) atoms. The number of carbonyl (C=O) groups excluding carboxylic acids is 1. The quantitative estimate of drug-likeness (QED) is 0.591. The molecule has 6 nitrogen and oxygen atoms in total. The number of hydrogen-bond donors (Lipinski definition) is 2. The maximum absolute atomic E-state index is 13.6. The summed E-state index contributed by atoms with van der Waals surface area (Å²) in [6, 6.07) is 5.95. The number of thioether (sulfide) groups is 1. The third-order valence-electron chi connectivity index (χ3n) is 5.04. The number of methoxy groups -OCH3 is 1. The summed E-state index contributed by atoms with van der Waals surface area (Å²) >= 11 is 1.48. The number of sulfone groups is 1. The summed E-state index contributed by atoms with van der Waals surface area (Å²) < 4.78 is 56.7. The Morgan fingerprint density at radius 3 is 2.50 bits per heavy atom. The highest BCUT2D eigenvalue weighted by Gasteiger charge is 2.34. The van der Waals surface area contributed by atoms with Crippen LogP contribution in [0.3, 0.4) is 0 Å². The molecule has 1 amide bonds. The molecule has 0 aromatic heterocycles. The second-order valence-electron chi connectivity index (χ2n) is 7.24. The van der Waals surface area contributed by atoms with Crippen molar-refractivity contribution in [2.45, 2.75) is 30.1 Å². The molecule has 3 rings (SSSR count). The standard InChI is InChI=1S/C20H24F2N2O4S2/c1-28-7-9-30(26,27)15-4-2-14(3-5-15)16(10-13-11-17(21)18(22)12-13)19(25)24-20-23-6-8-29-20/h2-5,10,13,17-18H,6-9,11-12H2,1H3,(H,23,24,25)/p+1/b16-10+/t13?,17-,18+. The molecule has 2 aliphatic rings. The molecule has 1 saturated carbocycles. The second-order valence-corrected chi connectivity index (χ2v) is 10.5. The Labute approximate surface area is 179 Å². The Hall–Kier alpha value is -1.78. The van der Waals surface area contributed by atoms with Crippen LogP contribution < -0.4 is 10.3 Å². The Morgan fingerprint density at radius 2 is 1.93 bits per heavy atom. The largest absolute Gasteiger partial charge is 0.384 e. The van der Waals surface area contributed by atoms with E-state index in [1.165, 1.54) is 31.0 Å². The van der Waals surface area contributed by atoms with Gasteiger partial charge in [-0.25, -0.2) is 27.3 Å². The van der Waals surface area contributed by atoms with E-state index >= 15 is 0 Å². The van der Waals surface area contributed by atoms with Crippen LogP contribution in [0.4, 0.5) is 8.78 Å². The minimum atomic E-state index is -3.50. The van der Waals surface area contributed by atoms with Gasteiger partial charge in [0.05, 0.1) is 29.4 Å². The average molecular weight is 460 g/mol. The molecule has 1 unspecified atom stereocenters. The molecule has 0 spiro atoms. The first-order chi connectivity index (χ1) is 14.3. The topological polar surface area (TPSA) is 86.4 Å². The maximum atomic E-state index is 13.6. The van der Waals surface area contributed by atoms with Crippen LogP contribution in [0.2, 0.25) is 0 Å². The first kappa shape index (κ1) is 22.9. The zero-order chi connectivity index (χ0) is 21.7. The van der Waals surface area contributed by atoms with E-state index in [1.807, 2.05) is 0 Å². The summed E-state index contributed by atoms with van der Waals surface area (Å²) in [6.07, 6.45) is -1.44. The predicted octanol–water partition coefficient (Wildman–Crippen LogP) is 0.876. The molecule has 1 heterocycles. The SMILES string of the molecule is COCCS(=O)(=O)c1ccc(/C(=C\C2C[C@@H](F)[C@@H](F)C2)C(=O)NC2=[NH+]CCS2)cc1. The third-order valence-corrected chi connectivity index (χ3v) is 7.67. The summed E-state index contributed by atoms with van der Waals surface area (Å²) in [7, 11) is -2.08. The number of halogens is 2. The number of rotatable bonds is 7. The zero-order valence-corrected chi connectivity index (χ0v) is 18.2. The molecule has 0 radical (unpaired) electrons. The molecule has 2 N–H and O–H groups in total. The van der Waals surface area contributed by atoms with Gasteiger partial charge < -0.3 is 4.74 Å². The van der Waals surface area contributed by atoms with Gasteiger partial charge in [0.2, 0.25) is 0 Å². The Morgan fingerprint density at radius 1 is 1.27 bits per heavy atom. The number of nitrogens with one attached hydrogen (secondary N) is 2. The van der Waals surface area contributed by atoms with Gasteiger partial charge in [-0.05, 0) is 48.2 Å². The lowest BCUT2D eigenvalue weighted by molar-refractivity contribution is -0.446. The van der Waals surface area contributed by atoms with Gasteiger partial charge in [0, 0.05) is 12.9 Å². The predicted molar refractivity (Wildman–Crippen MR) is 112 cm³/mol. The van der Waals surface area contributed by atoms with Gasteiger partial charge in [0.25, 0.3) is 0 Å². The third kappa shape index (κ3) is 5.67. The maximum Gasteiger partial charge on any atom is 0.339 e. The summed E-state index contributed by atoms with van der Waals surface area (Å²) in [5, 5.41) is 3.41. The van der Waals surface area contributed by atoms with E-state index in [0.29, 0.717) is 10.7 Å². The van der Waals surface area contributed by atoms with Crippen molar-refractivity contribution in [3.63, 3.8) is 0 Å². The number of amidine groups is 1. The summed E-state index contributed by atoms with van der Waals surface area (Å²) in [5.41, 5.74) is 0.753. The van der Waals surface area contributed by atoms with E-state index in [2.05, 4.69) is 10.3 Å². The number of ether oxygens (including phenoxy) is 1. The fourth-order valence-electron chi connectivity index (χ4n) is 3.42.